The monoisotopic (exact) mass is 406 g/mol. The van der Waals surface area contributed by atoms with E-state index < -0.39 is 10.9 Å². The first kappa shape index (κ1) is 20.5. The topological polar surface area (TPSA) is 120 Å². The molecule has 152 valence electrons. The van der Waals surface area contributed by atoms with Crippen LogP contribution < -0.4 is 4.84 Å². The van der Waals surface area contributed by atoms with Crippen LogP contribution >= 0.6 is 0 Å². The Morgan fingerprint density at radius 1 is 1.27 bits per heavy atom. The molecule has 1 heterocycles. The van der Waals surface area contributed by atoms with Crippen LogP contribution in [0, 0.1) is 28.4 Å². The van der Waals surface area contributed by atoms with Crippen LogP contribution in [0.25, 0.3) is 11.4 Å². The van der Waals surface area contributed by atoms with Gasteiger partial charge >= 0.3 is 5.97 Å². The number of nitro benzene ring substituents is 1. The van der Waals surface area contributed by atoms with E-state index in [0.717, 1.165) is 0 Å². The Labute approximate surface area is 172 Å². The molecule has 0 atom stereocenters. The normalized spacial score (nSPS) is 10.3. The Kier molecular flexibility index (Phi) is 6.08. The molecule has 3 aromatic rings. The maximum absolute atomic E-state index is 12.5. The van der Waals surface area contributed by atoms with Crippen LogP contribution in [-0.4, -0.2) is 27.2 Å². The number of aryl methyl sites for hydroxylation is 1. The van der Waals surface area contributed by atoms with E-state index in [4.69, 9.17) is 9.57 Å². The highest BCUT2D eigenvalue weighted by atomic mass is 16.7. The minimum atomic E-state index is -0.589. The lowest BCUT2D eigenvalue weighted by molar-refractivity contribution is -0.384. The molecule has 0 fully saturated rings. The molecule has 9 heteroatoms. The number of ether oxygens (including phenoxy) is 1. The third-order valence-corrected chi connectivity index (χ3v) is 4.24. The average Bonchev–Trinajstić information content (AvgIpc) is 3.09. The molecule has 0 bridgehead atoms. The number of non-ortho nitro benzene ring substituents is 1. The first-order valence-electron chi connectivity index (χ1n) is 9.08. The number of carbonyl (C=O) groups excluding carboxylic acids is 1. The molecule has 0 aliphatic heterocycles. The number of benzene rings is 2. The summed E-state index contributed by atoms with van der Waals surface area (Å²) < 4.78 is 6.41. The third kappa shape index (κ3) is 4.28. The van der Waals surface area contributed by atoms with Crippen molar-refractivity contribution < 1.29 is 19.3 Å². The highest BCUT2D eigenvalue weighted by Gasteiger charge is 2.24. The maximum Gasteiger partial charge on any atom is 0.360 e. The summed E-state index contributed by atoms with van der Waals surface area (Å²) in [6.45, 7) is 3.58. The molecule has 9 nitrogen and oxygen atoms in total. The third-order valence-electron chi connectivity index (χ3n) is 4.24. The van der Waals surface area contributed by atoms with Crippen LogP contribution in [0.5, 0.6) is 0 Å². The van der Waals surface area contributed by atoms with E-state index in [0.29, 0.717) is 28.2 Å². The molecule has 0 unspecified atom stereocenters. The summed E-state index contributed by atoms with van der Waals surface area (Å²) in [6.07, 6.45) is 0. The number of hydrogen-bond donors (Lipinski definition) is 0. The van der Waals surface area contributed by atoms with E-state index in [1.165, 1.54) is 16.9 Å². The van der Waals surface area contributed by atoms with Crippen LogP contribution in [0.3, 0.4) is 0 Å². The van der Waals surface area contributed by atoms with Crippen LogP contribution in [-0.2, 0) is 11.3 Å². The highest BCUT2D eigenvalue weighted by Crippen LogP contribution is 2.24. The average molecular weight is 406 g/mol. The van der Waals surface area contributed by atoms with Crippen molar-refractivity contribution in [2.24, 2.45) is 0 Å². The van der Waals surface area contributed by atoms with Gasteiger partial charge < -0.3 is 9.57 Å². The van der Waals surface area contributed by atoms with Gasteiger partial charge in [0, 0.05) is 17.7 Å². The van der Waals surface area contributed by atoms with E-state index in [9.17, 15) is 20.2 Å². The van der Waals surface area contributed by atoms with Crippen molar-refractivity contribution in [3.8, 4) is 17.5 Å². The molecule has 3 rings (SSSR count). The Morgan fingerprint density at radius 2 is 2.00 bits per heavy atom. The van der Waals surface area contributed by atoms with Crippen molar-refractivity contribution in [3.63, 3.8) is 0 Å². The smallest absolute Gasteiger partial charge is 0.360 e. The van der Waals surface area contributed by atoms with Gasteiger partial charge in [0.2, 0.25) is 0 Å². The van der Waals surface area contributed by atoms with Crippen LogP contribution in [0.4, 0.5) is 5.69 Å². The Bertz CT molecular complexity index is 1130. The van der Waals surface area contributed by atoms with Gasteiger partial charge in [-0.15, -0.1) is 0 Å². The predicted octanol–water partition coefficient (Wildman–Crippen LogP) is 3.44. The lowest BCUT2D eigenvalue weighted by Crippen LogP contribution is -2.20. The van der Waals surface area contributed by atoms with Gasteiger partial charge in [0.25, 0.3) is 5.69 Å². The van der Waals surface area contributed by atoms with Gasteiger partial charge in [-0.3, -0.25) is 10.1 Å². The van der Waals surface area contributed by atoms with Gasteiger partial charge in [-0.2, -0.15) is 9.99 Å². The molecule has 0 saturated carbocycles. The standard InChI is InChI=1S/C21H18N4O5/c1-3-29-21(26)19-14(2)23-20(17-6-4-5-16(11-17)12-22)24(19)30-13-15-7-9-18(10-8-15)25(27)28/h4-11H,3,13H2,1-2H3. The fraction of sp³-hybridized carbons (Fsp3) is 0.190. The van der Waals surface area contributed by atoms with E-state index >= 15 is 0 Å². The number of aromatic nitrogens is 2. The second-order valence-electron chi connectivity index (χ2n) is 6.27. The number of nitrogens with zero attached hydrogens (tertiary/aromatic N) is 4. The summed E-state index contributed by atoms with van der Waals surface area (Å²) in [7, 11) is 0. The van der Waals surface area contributed by atoms with E-state index in [-0.39, 0.29) is 24.6 Å². The number of nitriles is 1. The molecule has 0 aliphatic rings. The van der Waals surface area contributed by atoms with Crippen molar-refractivity contribution >= 4 is 11.7 Å². The van der Waals surface area contributed by atoms with Crippen LogP contribution in [0.15, 0.2) is 48.5 Å². The summed E-state index contributed by atoms with van der Waals surface area (Å²) in [5, 5.41) is 20.0. The number of esters is 1. The summed E-state index contributed by atoms with van der Waals surface area (Å²) in [4.78, 5) is 33.1. The fourth-order valence-electron chi connectivity index (χ4n) is 2.83. The first-order valence-corrected chi connectivity index (χ1v) is 9.08. The molecule has 0 radical (unpaired) electrons. The minimum absolute atomic E-state index is 0.0292. The number of carbonyl (C=O) groups is 1. The highest BCUT2D eigenvalue weighted by molar-refractivity contribution is 5.89. The van der Waals surface area contributed by atoms with Crippen molar-refractivity contribution in [1.29, 1.82) is 5.26 Å². The zero-order valence-corrected chi connectivity index (χ0v) is 16.4. The molecule has 0 spiro atoms. The molecule has 0 amide bonds. The largest absolute Gasteiger partial charge is 0.461 e. The SMILES string of the molecule is CCOC(=O)c1c(C)nc(-c2cccc(C#N)c2)n1OCc1ccc([N+](=O)[O-])cc1. The first-order chi connectivity index (χ1) is 14.4. The number of hydrogen-bond acceptors (Lipinski definition) is 7. The number of rotatable bonds is 7. The van der Waals surface area contributed by atoms with E-state index in [2.05, 4.69) is 11.1 Å². The van der Waals surface area contributed by atoms with Crippen molar-refractivity contribution in [2.75, 3.05) is 6.61 Å². The molecule has 1 aromatic heterocycles. The zero-order chi connectivity index (χ0) is 21.7. The van der Waals surface area contributed by atoms with Gasteiger partial charge in [0.05, 0.1) is 28.9 Å². The van der Waals surface area contributed by atoms with Crippen LogP contribution in [0.1, 0.15) is 34.2 Å². The summed E-state index contributed by atoms with van der Waals surface area (Å²) in [6, 6.07) is 14.7. The number of imidazole rings is 1. The molecule has 0 N–H and O–H groups in total. The van der Waals surface area contributed by atoms with Crippen molar-refractivity contribution in [1.82, 2.24) is 9.71 Å². The van der Waals surface area contributed by atoms with Gasteiger partial charge in [-0.05, 0) is 43.7 Å². The summed E-state index contributed by atoms with van der Waals surface area (Å²) >= 11 is 0. The van der Waals surface area contributed by atoms with Gasteiger partial charge in [-0.25, -0.2) is 9.78 Å². The molecule has 30 heavy (non-hydrogen) atoms. The van der Waals surface area contributed by atoms with Crippen LogP contribution in [0.2, 0.25) is 0 Å². The predicted molar refractivity (Wildman–Crippen MR) is 106 cm³/mol. The van der Waals surface area contributed by atoms with Gasteiger partial charge in [0.15, 0.2) is 11.5 Å². The second-order valence-corrected chi connectivity index (χ2v) is 6.27. The Balaban J connectivity index is 2.00. The number of nitro groups is 1. The molecular formula is C21H18N4O5. The van der Waals surface area contributed by atoms with Crippen molar-refractivity contribution in [2.45, 2.75) is 20.5 Å². The summed E-state index contributed by atoms with van der Waals surface area (Å²) in [5.74, 6) is -0.247. The second kappa shape index (κ2) is 8.87. The van der Waals surface area contributed by atoms with E-state index in [1.54, 1.807) is 50.2 Å². The van der Waals surface area contributed by atoms with Gasteiger partial charge in [-0.1, -0.05) is 12.1 Å². The van der Waals surface area contributed by atoms with Gasteiger partial charge in [0.1, 0.15) is 6.61 Å². The van der Waals surface area contributed by atoms with Crippen molar-refractivity contribution in [3.05, 3.63) is 81.2 Å². The lowest BCUT2D eigenvalue weighted by Gasteiger charge is -2.13. The quantitative estimate of drug-likeness (QED) is 0.335. The van der Waals surface area contributed by atoms with E-state index in [1.807, 2.05) is 0 Å². The molecule has 2 aromatic carbocycles. The molecule has 0 saturated heterocycles. The Hall–Kier alpha value is -4.19. The minimum Gasteiger partial charge on any atom is -0.461 e. The Morgan fingerprint density at radius 3 is 2.63 bits per heavy atom. The summed E-state index contributed by atoms with van der Waals surface area (Å²) in [5.41, 5.74) is 2.21. The lowest BCUT2D eigenvalue weighted by atomic mass is 10.1. The molecule has 0 aliphatic carbocycles. The molecular weight excluding hydrogens is 388 g/mol. The fourth-order valence-corrected chi connectivity index (χ4v) is 2.83. The zero-order valence-electron chi connectivity index (χ0n) is 16.4. The maximum atomic E-state index is 12.5.